The molecule has 1 saturated carbocycles. The minimum atomic E-state index is -2.35. The highest BCUT2D eigenvalue weighted by atomic mass is 28.4. The van der Waals surface area contributed by atoms with Crippen LogP contribution in [0.5, 0.6) is 0 Å². The lowest BCUT2D eigenvalue weighted by Crippen LogP contribution is -2.45. The Hall–Kier alpha value is 0.234. The highest BCUT2D eigenvalue weighted by molar-refractivity contribution is 6.60. The maximum atomic E-state index is 5.79. The van der Waals surface area contributed by atoms with Crippen molar-refractivity contribution in [3.05, 3.63) is 0 Å². The Morgan fingerprint density at radius 3 is 1.71 bits per heavy atom. The molecule has 28 heavy (non-hydrogen) atoms. The number of hydrogen-bond acceptors (Lipinski definition) is 5. The molecule has 0 heterocycles. The Balaban J connectivity index is 0.000000540. The van der Waals surface area contributed by atoms with E-state index in [0.29, 0.717) is 19.8 Å². The molecule has 1 fully saturated rings. The van der Waals surface area contributed by atoms with Gasteiger partial charge in [0.05, 0.1) is 0 Å². The third-order valence-corrected chi connectivity index (χ3v) is 10.5. The molecule has 0 aliphatic heterocycles. The Morgan fingerprint density at radius 2 is 1.29 bits per heavy atom. The van der Waals surface area contributed by atoms with Crippen molar-refractivity contribution in [3.63, 3.8) is 0 Å². The zero-order chi connectivity index (χ0) is 21.1. The molecule has 0 saturated heterocycles. The molecule has 1 aliphatic carbocycles. The van der Waals surface area contributed by atoms with Crippen molar-refractivity contribution in [2.75, 3.05) is 34.0 Å². The molecule has 170 valence electrons. The summed E-state index contributed by atoms with van der Waals surface area (Å²) in [6.45, 7) is 10.3. The molecule has 0 atom stereocenters. The monoisotopic (exact) mass is 436 g/mol. The first-order chi connectivity index (χ1) is 13.6. The minimum Gasteiger partial charge on any atom is -0.400 e. The van der Waals surface area contributed by atoms with Crippen LogP contribution in [-0.2, 0) is 22.1 Å². The van der Waals surface area contributed by atoms with Crippen LogP contribution >= 0.6 is 0 Å². The van der Waals surface area contributed by atoms with Crippen LogP contribution in [0.25, 0.3) is 0 Å². The molecule has 0 N–H and O–H groups in total. The van der Waals surface area contributed by atoms with E-state index in [4.69, 9.17) is 22.1 Å². The van der Waals surface area contributed by atoms with Crippen LogP contribution in [0, 0.1) is 5.92 Å². The van der Waals surface area contributed by atoms with Gasteiger partial charge in [0.2, 0.25) is 0 Å². The summed E-state index contributed by atoms with van der Waals surface area (Å²) < 4.78 is 28.0. The fraction of sp³-hybridized carbons (Fsp3) is 1.00. The molecule has 0 aromatic heterocycles. The average molecular weight is 437 g/mol. The molecule has 1 aliphatic rings. The van der Waals surface area contributed by atoms with E-state index in [-0.39, 0.29) is 0 Å². The van der Waals surface area contributed by atoms with Crippen LogP contribution in [0.15, 0.2) is 0 Å². The lowest BCUT2D eigenvalue weighted by molar-refractivity contribution is 0.0706. The summed E-state index contributed by atoms with van der Waals surface area (Å²) in [6.07, 6.45) is 12.0. The van der Waals surface area contributed by atoms with Crippen LogP contribution in [0.2, 0.25) is 12.1 Å². The SMILES string of the molecule is CCCCCC[Si](OCC)(OCC)OCC.CO[SiH](CC1CCCCC1)OC. The van der Waals surface area contributed by atoms with Gasteiger partial charge in [0.1, 0.15) is 0 Å². The van der Waals surface area contributed by atoms with Crippen molar-refractivity contribution < 1.29 is 22.1 Å². The van der Waals surface area contributed by atoms with Gasteiger partial charge in [-0.2, -0.15) is 0 Å². The summed E-state index contributed by atoms with van der Waals surface area (Å²) in [5.41, 5.74) is 0. The number of rotatable bonds is 15. The summed E-state index contributed by atoms with van der Waals surface area (Å²) in [5, 5.41) is 0. The van der Waals surface area contributed by atoms with E-state index in [1.165, 1.54) is 57.4 Å². The van der Waals surface area contributed by atoms with Crippen molar-refractivity contribution in [2.24, 2.45) is 5.92 Å². The van der Waals surface area contributed by atoms with Gasteiger partial charge in [-0.3, -0.25) is 0 Å². The molecule has 0 radical (unpaired) electrons. The molecule has 1 rings (SSSR count). The van der Waals surface area contributed by atoms with Crippen LogP contribution in [0.1, 0.15) is 85.5 Å². The third kappa shape index (κ3) is 13.5. The van der Waals surface area contributed by atoms with Crippen LogP contribution in [-0.4, -0.2) is 52.1 Å². The maximum Gasteiger partial charge on any atom is 0.500 e. The molecule has 0 amide bonds. The first-order valence-corrected chi connectivity index (χ1v) is 15.3. The minimum absolute atomic E-state index is 0.681. The van der Waals surface area contributed by atoms with Crippen molar-refractivity contribution in [1.82, 2.24) is 0 Å². The standard InChI is InChI=1S/C12H28O3Si.C9H20O2Si/c1-5-9-10-11-12-16(13-6-2,14-7-3)15-8-4;1-10-12(11-2)8-9-6-4-3-5-7-9/h5-12H2,1-4H3;9,12H,3-8H2,1-2H3. The Labute approximate surface area is 178 Å². The van der Waals surface area contributed by atoms with E-state index in [0.717, 1.165) is 18.4 Å². The van der Waals surface area contributed by atoms with E-state index in [1.54, 1.807) is 14.2 Å². The van der Waals surface area contributed by atoms with Crippen molar-refractivity contribution in [3.8, 4) is 0 Å². The van der Waals surface area contributed by atoms with Crippen LogP contribution in [0.4, 0.5) is 0 Å². The second kappa shape index (κ2) is 19.2. The van der Waals surface area contributed by atoms with Gasteiger partial charge in [0.25, 0.3) is 0 Å². The molecular formula is C21H48O5Si2. The van der Waals surface area contributed by atoms with Gasteiger partial charge >= 0.3 is 18.1 Å². The summed E-state index contributed by atoms with van der Waals surface area (Å²) in [7, 11) is -0.0489. The quantitative estimate of drug-likeness (QED) is 0.243. The summed E-state index contributed by atoms with van der Waals surface area (Å²) >= 11 is 0. The molecule has 0 aromatic rings. The zero-order valence-corrected chi connectivity index (χ0v) is 21.8. The fourth-order valence-corrected chi connectivity index (χ4v) is 8.03. The molecule has 0 unspecified atom stereocenters. The van der Waals surface area contributed by atoms with Gasteiger partial charge in [0.15, 0.2) is 0 Å². The normalized spacial score (nSPS) is 15.5. The molecule has 0 aromatic carbocycles. The van der Waals surface area contributed by atoms with Crippen molar-refractivity contribution in [1.29, 1.82) is 0 Å². The van der Waals surface area contributed by atoms with Crippen LogP contribution < -0.4 is 0 Å². The third-order valence-electron chi connectivity index (χ3n) is 5.21. The first kappa shape index (κ1) is 28.2. The highest BCUT2D eigenvalue weighted by Crippen LogP contribution is 2.27. The Morgan fingerprint density at radius 1 is 0.750 bits per heavy atom. The van der Waals surface area contributed by atoms with E-state index in [9.17, 15) is 0 Å². The molecule has 0 spiro atoms. The topological polar surface area (TPSA) is 46.2 Å². The van der Waals surface area contributed by atoms with Gasteiger partial charge in [-0.25, -0.2) is 0 Å². The van der Waals surface area contributed by atoms with Gasteiger partial charge in [-0.1, -0.05) is 58.3 Å². The van der Waals surface area contributed by atoms with Gasteiger partial charge in [-0.15, -0.1) is 0 Å². The Kier molecular flexibility index (Phi) is 19.4. The first-order valence-electron chi connectivity index (χ1n) is 11.6. The summed E-state index contributed by atoms with van der Waals surface area (Å²) in [5.74, 6) is 0.898. The average Bonchev–Trinajstić information content (AvgIpc) is 2.71. The highest BCUT2D eigenvalue weighted by Gasteiger charge is 2.39. The molecule has 7 heteroatoms. The second-order valence-corrected chi connectivity index (χ2v) is 12.4. The van der Waals surface area contributed by atoms with E-state index in [1.807, 2.05) is 20.8 Å². The van der Waals surface area contributed by atoms with Gasteiger partial charge in [-0.05, 0) is 39.2 Å². The van der Waals surface area contributed by atoms with E-state index >= 15 is 0 Å². The van der Waals surface area contributed by atoms with E-state index in [2.05, 4.69) is 6.92 Å². The molecule has 5 nitrogen and oxygen atoms in total. The largest absolute Gasteiger partial charge is 0.500 e. The number of hydrogen-bond donors (Lipinski definition) is 0. The molecule has 0 bridgehead atoms. The fourth-order valence-electron chi connectivity index (χ4n) is 3.75. The smallest absolute Gasteiger partial charge is 0.400 e. The number of unbranched alkanes of at least 4 members (excludes halogenated alkanes) is 3. The van der Waals surface area contributed by atoms with Crippen molar-refractivity contribution in [2.45, 2.75) is 97.6 Å². The van der Waals surface area contributed by atoms with Gasteiger partial charge in [0, 0.05) is 40.1 Å². The maximum absolute atomic E-state index is 5.79. The lowest BCUT2D eigenvalue weighted by Gasteiger charge is -2.28. The van der Waals surface area contributed by atoms with Crippen LogP contribution in [0.3, 0.4) is 0 Å². The molecular weight excluding hydrogens is 388 g/mol. The predicted octanol–water partition coefficient (Wildman–Crippen LogP) is 5.70. The summed E-state index contributed by atoms with van der Waals surface area (Å²) in [6, 6.07) is 2.18. The second-order valence-electron chi connectivity index (χ2n) is 7.43. The summed E-state index contributed by atoms with van der Waals surface area (Å²) in [4.78, 5) is 0. The van der Waals surface area contributed by atoms with E-state index < -0.39 is 18.1 Å². The van der Waals surface area contributed by atoms with Gasteiger partial charge < -0.3 is 22.1 Å². The lowest BCUT2D eigenvalue weighted by atomic mass is 9.91. The Bertz CT molecular complexity index is 307. The predicted molar refractivity (Wildman–Crippen MR) is 122 cm³/mol. The van der Waals surface area contributed by atoms with Crippen molar-refractivity contribution >= 4 is 18.1 Å². The zero-order valence-electron chi connectivity index (χ0n) is 19.6.